The zero-order valence-corrected chi connectivity index (χ0v) is 14.3. The van der Waals surface area contributed by atoms with E-state index in [4.69, 9.17) is 9.47 Å². The van der Waals surface area contributed by atoms with Crippen molar-refractivity contribution in [3.05, 3.63) is 23.8 Å². The van der Waals surface area contributed by atoms with Gasteiger partial charge in [0, 0.05) is 24.2 Å². The molecule has 0 saturated carbocycles. The van der Waals surface area contributed by atoms with Crippen molar-refractivity contribution in [1.82, 2.24) is 10.2 Å². The molecule has 1 aromatic rings. The third-order valence-electron chi connectivity index (χ3n) is 4.08. The van der Waals surface area contributed by atoms with Crippen molar-refractivity contribution in [2.75, 3.05) is 34.4 Å². The van der Waals surface area contributed by atoms with Crippen molar-refractivity contribution in [2.24, 2.45) is 0 Å². The molecule has 120 valence electrons. The minimum absolute atomic E-state index is 0.221. The summed E-state index contributed by atoms with van der Waals surface area (Å²) in [5.41, 5.74) is 1.15. The Morgan fingerprint density at radius 3 is 2.43 bits per heavy atom. The highest BCUT2D eigenvalue weighted by Crippen LogP contribution is 2.30. The zero-order valence-electron chi connectivity index (χ0n) is 14.3. The van der Waals surface area contributed by atoms with Gasteiger partial charge in [0.15, 0.2) is 0 Å². The van der Waals surface area contributed by atoms with Crippen LogP contribution in [0.2, 0.25) is 0 Å². The Morgan fingerprint density at radius 1 is 1.19 bits per heavy atom. The van der Waals surface area contributed by atoms with Gasteiger partial charge in [-0.2, -0.15) is 0 Å². The topological polar surface area (TPSA) is 33.7 Å². The van der Waals surface area contributed by atoms with Crippen LogP contribution in [0.3, 0.4) is 0 Å². The lowest BCUT2D eigenvalue weighted by Gasteiger charge is -2.30. The van der Waals surface area contributed by atoms with E-state index in [0.29, 0.717) is 6.04 Å². The lowest BCUT2D eigenvalue weighted by atomic mass is 10.0. The second-order valence-electron chi connectivity index (χ2n) is 5.41. The van der Waals surface area contributed by atoms with E-state index in [-0.39, 0.29) is 6.04 Å². The SMILES string of the molecule is CCNC(CN(C)C(C)CC)c1cc(OC)ccc1OC. The maximum atomic E-state index is 5.53. The highest BCUT2D eigenvalue weighted by molar-refractivity contribution is 5.42. The molecule has 0 aromatic heterocycles. The summed E-state index contributed by atoms with van der Waals surface area (Å²) in [5, 5.41) is 3.56. The molecular formula is C17H30N2O2. The fraction of sp³-hybridized carbons (Fsp3) is 0.647. The van der Waals surface area contributed by atoms with E-state index in [9.17, 15) is 0 Å². The second-order valence-corrected chi connectivity index (χ2v) is 5.41. The number of hydrogen-bond donors (Lipinski definition) is 1. The Morgan fingerprint density at radius 2 is 1.90 bits per heavy atom. The van der Waals surface area contributed by atoms with E-state index in [0.717, 1.165) is 36.6 Å². The van der Waals surface area contributed by atoms with Gasteiger partial charge in [-0.05, 0) is 45.1 Å². The van der Waals surface area contributed by atoms with Crippen molar-refractivity contribution in [3.63, 3.8) is 0 Å². The first-order chi connectivity index (χ1) is 10.1. The van der Waals surface area contributed by atoms with Gasteiger partial charge < -0.3 is 19.7 Å². The van der Waals surface area contributed by atoms with Crippen LogP contribution in [0.15, 0.2) is 18.2 Å². The molecular weight excluding hydrogens is 264 g/mol. The summed E-state index contributed by atoms with van der Waals surface area (Å²) in [6, 6.07) is 6.75. The van der Waals surface area contributed by atoms with E-state index in [1.807, 2.05) is 12.1 Å². The summed E-state index contributed by atoms with van der Waals surface area (Å²) in [4.78, 5) is 2.38. The van der Waals surface area contributed by atoms with Crippen molar-refractivity contribution in [3.8, 4) is 11.5 Å². The molecule has 0 fully saturated rings. The van der Waals surface area contributed by atoms with Crippen molar-refractivity contribution in [1.29, 1.82) is 0 Å². The Bertz CT molecular complexity index is 423. The molecule has 0 aliphatic rings. The molecule has 0 aliphatic heterocycles. The van der Waals surface area contributed by atoms with Crippen LogP contribution in [0.5, 0.6) is 11.5 Å². The van der Waals surface area contributed by atoms with Gasteiger partial charge in [-0.3, -0.25) is 0 Å². The number of rotatable bonds is 9. The highest BCUT2D eigenvalue weighted by atomic mass is 16.5. The van der Waals surface area contributed by atoms with Crippen LogP contribution in [0.1, 0.15) is 38.8 Å². The molecule has 1 rings (SSSR count). The zero-order chi connectivity index (χ0) is 15.8. The predicted octanol–water partition coefficient (Wildman–Crippen LogP) is 3.08. The molecule has 21 heavy (non-hydrogen) atoms. The Hall–Kier alpha value is -1.26. The molecule has 0 heterocycles. The summed E-state index contributed by atoms with van der Waals surface area (Å²) in [6.45, 7) is 8.45. The molecule has 4 nitrogen and oxygen atoms in total. The molecule has 1 aromatic carbocycles. The fourth-order valence-electron chi connectivity index (χ4n) is 2.41. The molecule has 0 amide bonds. The van der Waals surface area contributed by atoms with Crippen LogP contribution in [0.4, 0.5) is 0 Å². The second kappa shape index (κ2) is 8.90. The molecule has 0 saturated heterocycles. The first kappa shape index (κ1) is 17.8. The number of nitrogens with one attached hydrogen (secondary N) is 1. The van der Waals surface area contributed by atoms with Gasteiger partial charge in [0.2, 0.25) is 0 Å². The predicted molar refractivity (Wildman–Crippen MR) is 88.3 cm³/mol. The van der Waals surface area contributed by atoms with Gasteiger partial charge in [0.25, 0.3) is 0 Å². The summed E-state index contributed by atoms with van der Waals surface area (Å²) in [5.74, 6) is 1.76. The van der Waals surface area contributed by atoms with Crippen LogP contribution in [-0.4, -0.2) is 45.3 Å². The highest BCUT2D eigenvalue weighted by Gasteiger charge is 2.20. The average Bonchev–Trinajstić information content (AvgIpc) is 2.52. The Labute approximate surface area is 129 Å². The number of nitrogens with zero attached hydrogens (tertiary/aromatic N) is 1. The van der Waals surface area contributed by atoms with E-state index in [1.54, 1.807) is 14.2 Å². The lowest BCUT2D eigenvalue weighted by Crippen LogP contribution is -2.37. The molecule has 2 atom stereocenters. The van der Waals surface area contributed by atoms with Crippen molar-refractivity contribution >= 4 is 0 Å². The quantitative estimate of drug-likeness (QED) is 0.759. The monoisotopic (exact) mass is 294 g/mol. The van der Waals surface area contributed by atoms with Gasteiger partial charge in [0.1, 0.15) is 11.5 Å². The maximum absolute atomic E-state index is 5.53. The molecule has 1 N–H and O–H groups in total. The smallest absolute Gasteiger partial charge is 0.123 e. The minimum atomic E-state index is 0.221. The average molecular weight is 294 g/mol. The van der Waals surface area contributed by atoms with Crippen molar-refractivity contribution < 1.29 is 9.47 Å². The van der Waals surface area contributed by atoms with Crippen molar-refractivity contribution in [2.45, 2.75) is 39.3 Å². The van der Waals surface area contributed by atoms with E-state index in [2.05, 4.69) is 44.1 Å². The first-order valence-electron chi connectivity index (χ1n) is 7.72. The van der Waals surface area contributed by atoms with Crippen LogP contribution in [0.25, 0.3) is 0 Å². The lowest BCUT2D eigenvalue weighted by molar-refractivity contribution is 0.223. The molecule has 0 bridgehead atoms. The summed E-state index contributed by atoms with van der Waals surface area (Å²) >= 11 is 0. The van der Waals surface area contributed by atoms with E-state index >= 15 is 0 Å². The summed E-state index contributed by atoms with van der Waals surface area (Å²) < 4.78 is 10.9. The summed E-state index contributed by atoms with van der Waals surface area (Å²) in [7, 11) is 5.58. The number of benzene rings is 1. The number of ether oxygens (including phenoxy) is 2. The van der Waals surface area contributed by atoms with E-state index in [1.165, 1.54) is 0 Å². The minimum Gasteiger partial charge on any atom is -0.497 e. The van der Waals surface area contributed by atoms with Gasteiger partial charge in [-0.1, -0.05) is 13.8 Å². The van der Waals surface area contributed by atoms with Gasteiger partial charge in [-0.25, -0.2) is 0 Å². The number of methoxy groups -OCH3 is 2. The summed E-state index contributed by atoms with van der Waals surface area (Å²) in [6.07, 6.45) is 1.14. The number of likely N-dealkylation sites (N-methyl/N-ethyl adjacent to an activating group) is 2. The largest absolute Gasteiger partial charge is 0.497 e. The Kier molecular flexibility index (Phi) is 7.54. The molecule has 0 radical (unpaired) electrons. The molecule has 0 spiro atoms. The van der Waals surface area contributed by atoms with Gasteiger partial charge in [-0.15, -0.1) is 0 Å². The standard InChI is InChI=1S/C17H30N2O2/c1-7-13(3)19(4)12-16(18-8-2)15-11-14(20-5)9-10-17(15)21-6/h9-11,13,16,18H,7-8,12H2,1-6H3. The normalized spacial score (nSPS) is 14.0. The van der Waals surface area contributed by atoms with Crippen LogP contribution in [-0.2, 0) is 0 Å². The number of hydrogen-bond acceptors (Lipinski definition) is 4. The molecule has 0 aliphatic carbocycles. The third kappa shape index (κ3) is 4.90. The van der Waals surface area contributed by atoms with Gasteiger partial charge in [0.05, 0.1) is 14.2 Å². The fourth-order valence-corrected chi connectivity index (χ4v) is 2.41. The first-order valence-corrected chi connectivity index (χ1v) is 7.72. The van der Waals surface area contributed by atoms with Crippen LogP contribution in [0, 0.1) is 0 Å². The Balaban J connectivity index is 3.03. The van der Waals surface area contributed by atoms with E-state index < -0.39 is 0 Å². The van der Waals surface area contributed by atoms with Gasteiger partial charge >= 0.3 is 0 Å². The van der Waals surface area contributed by atoms with Crippen LogP contribution >= 0.6 is 0 Å². The maximum Gasteiger partial charge on any atom is 0.123 e. The van der Waals surface area contributed by atoms with Crippen LogP contribution < -0.4 is 14.8 Å². The third-order valence-corrected chi connectivity index (χ3v) is 4.08. The molecule has 2 unspecified atom stereocenters. The molecule has 4 heteroatoms.